The van der Waals surface area contributed by atoms with Crippen LogP contribution in [0.1, 0.15) is 28.5 Å². The van der Waals surface area contributed by atoms with Gasteiger partial charge in [0, 0.05) is 11.6 Å². The number of carbonyl (C=O) groups excluding carboxylic acids is 2. The summed E-state index contributed by atoms with van der Waals surface area (Å²) in [6.07, 6.45) is 0. The molecule has 4 aromatic rings. The summed E-state index contributed by atoms with van der Waals surface area (Å²) in [7, 11) is 0. The molecule has 0 radical (unpaired) electrons. The van der Waals surface area contributed by atoms with Crippen LogP contribution in [0.5, 0.6) is 0 Å². The van der Waals surface area contributed by atoms with Crippen molar-refractivity contribution < 1.29 is 14.1 Å². The quantitative estimate of drug-likeness (QED) is 0.411. The number of nitrogens with zero attached hydrogens (tertiary/aromatic N) is 2. The highest BCUT2D eigenvalue weighted by Gasteiger charge is 2.16. The first-order valence-corrected chi connectivity index (χ1v) is 10.3. The van der Waals surface area contributed by atoms with Gasteiger partial charge in [-0.05, 0) is 19.1 Å². The molecule has 9 heteroatoms. The average molecular weight is 421 g/mol. The lowest BCUT2D eigenvalue weighted by Crippen LogP contribution is -2.42. The number of imidazole rings is 1. The number of hydrogen-bond donors (Lipinski definition) is 3. The first-order chi connectivity index (χ1) is 14.6. The van der Waals surface area contributed by atoms with Crippen LogP contribution in [0.4, 0.5) is 0 Å². The Morgan fingerprint density at radius 2 is 1.87 bits per heavy atom. The van der Waals surface area contributed by atoms with Crippen LogP contribution in [-0.4, -0.2) is 32.7 Å². The molecule has 0 saturated heterocycles. The molecule has 0 aliphatic heterocycles. The second-order valence-electron chi connectivity index (χ2n) is 6.54. The molecule has 2 heterocycles. The number of fused-ring (bicyclic) bond motifs is 1. The number of amides is 2. The molecule has 2 aromatic carbocycles. The van der Waals surface area contributed by atoms with Gasteiger partial charge in [-0.25, -0.2) is 4.98 Å². The molecule has 0 saturated carbocycles. The molecular weight excluding hydrogens is 402 g/mol. The summed E-state index contributed by atoms with van der Waals surface area (Å²) in [6, 6.07) is 18.6. The number of hydrazine groups is 1. The number of rotatable bonds is 6. The lowest BCUT2D eigenvalue weighted by Gasteiger charge is -2.09. The first-order valence-electron chi connectivity index (χ1n) is 9.28. The molecule has 2 amide bonds. The maximum atomic E-state index is 12.2. The number of carbonyl (C=O) groups is 2. The maximum absolute atomic E-state index is 12.2. The van der Waals surface area contributed by atoms with Gasteiger partial charge in [-0.15, -0.1) is 11.8 Å². The normalized spacial score (nSPS) is 11.9. The molecule has 3 N–H and O–H groups in total. The Bertz CT molecular complexity index is 1140. The van der Waals surface area contributed by atoms with Crippen LogP contribution < -0.4 is 10.9 Å². The van der Waals surface area contributed by atoms with Gasteiger partial charge in [0.05, 0.1) is 22.0 Å². The molecule has 0 aliphatic carbocycles. The Balaban J connectivity index is 1.26. The van der Waals surface area contributed by atoms with Gasteiger partial charge in [-0.3, -0.25) is 20.4 Å². The summed E-state index contributed by atoms with van der Waals surface area (Å²) < 4.78 is 5.19. The van der Waals surface area contributed by atoms with Crippen molar-refractivity contribution in [2.45, 2.75) is 12.2 Å². The number of H-pyrrole nitrogens is 1. The summed E-state index contributed by atoms with van der Waals surface area (Å²) in [4.78, 5) is 32.1. The van der Waals surface area contributed by atoms with Crippen molar-refractivity contribution in [1.29, 1.82) is 0 Å². The predicted octanol–water partition coefficient (Wildman–Crippen LogP) is 3.47. The Morgan fingerprint density at radius 3 is 2.67 bits per heavy atom. The third kappa shape index (κ3) is 4.52. The zero-order valence-corrected chi connectivity index (χ0v) is 16.9. The molecule has 30 heavy (non-hydrogen) atoms. The molecule has 152 valence electrons. The zero-order valence-electron chi connectivity index (χ0n) is 16.1. The minimum absolute atomic E-state index is 0.0113. The molecule has 0 fully saturated rings. The van der Waals surface area contributed by atoms with Gasteiger partial charge < -0.3 is 9.51 Å². The SMILES string of the molecule is CC(SCC(=O)NNC(=O)c1cc(-c2ccccc2)on1)c1nc2ccccc2[nH]1. The van der Waals surface area contributed by atoms with Crippen molar-refractivity contribution >= 4 is 34.6 Å². The predicted molar refractivity (Wildman–Crippen MR) is 115 cm³/mol. The molecule has 2 aromatic heterocycles. The topological polar surface area (TPSA) is 113 Å². The van der Waals surface area contributed by atoms with Crippen LogP contribution in [0.2, 0.25) is 0 Å². The van der Waals surface area contributed by atoms with Crippen molar-refractivity contribution in [2.75, 3.05) is 5.75 Å². The van der Waals surface area contributed by atoms with E-state index in [4.69, 9.17) is 4.52 Å². The van der Waals surface area contributed by atoms with Gasteiger partial charge in [0.25, 0.3) is 5.91 Å². The van der Waals surface area contributed by atoms with Gasteiger partial charge in [-0.1, -0.05) is 47.6 Å². The molecule has 0 spiro atoms. The molecule has 0 aliphatic rings. The van der Waals surface area contributed by atoms with Crippen LogP contribution >= 0.6 is 11.8 Å². The molecular formula is C21H19N5O3S. The number of aromatic nitrogens is 3. The van der Waals surface area contributed by atoms with E-state index in [0.29, 0.717) is 5.76 Å². The molecule has 1 atom stereocenters. The number of benzene rings is 2. The van der Waals surface area contributed by atoms with Gasteiger partial charge in [0.15, 0.2) is 11.5 Å². The number of aromatic amines is 1. The van der Waals surface area contributed by atoms with Crippen molar-refractivity contribution in [3.05, 3.63) is 72.2 Å². The van der Waals surface area contributed by atoms with Crippen molar-refractivity contribution in [2.24, 2.45) is 0 Å². The summed E-state index contributed by atoms with van der Waals surface area (Å²) in [5, 5.41) is 3.74. The van der Waals surface area contributed by atoms with E-state index in [1.807, 2.05) is 61.5 Å². The van der Waals surface area contributed by atoms with E-state index >= 15 is 0 Å². The highest BCUT2D eigenvalue weighted by Crippen LogP contribution is 2.27. The van der Waals surface area contributed by atoms with Crippen LogP contribution in [0, 0.1) is 0 Å². The van der Waals surface area contributed by atoms with E-state index in [2.05, 4.69) is 26.0 Å². The fourth-order valence-electron chi connectivity index (χ4n) is 2.79. The van der Waals surface area contributed by atoms with Crippen LogP contribution in [0.3, 0.4) is 0 Å². The second kappa shape index (κ2) is 8.83. The Hall–Kier alpha value is -3.59. The van der Waals surface area contributed by atoms with E-state index < -0.39 is 5.91 Å². The number of hydrogen-bond acceptors (Lipinski definition) is 6. The fourth-order valence-corrected chi connectivity index (χ4v) is 3.54. The molecule has 0 bridgehead atoms. The number of nitrogens with one attached hydrogen (secondary N) is 3. The zero-order chi connectivity index (χ0) is 20.9. The third-order valence-corrected chi connectivity index (χ3v) is 5.53. The monoisotopic (exact) mass is 421 g/mol. The fraction of sp³-hybridized carbons (Fsp3) is 0.143. The number of thioether (sulfide) groups is 1. The smallest absolute Gasteiger partial charge is 0.291 e. The molecule has 8 nitrogen and oxygen atoms in total. The van der Waals surface area contributed by atoms with Gasteiger partial charge in [0.2, 0.25) is 5.91 Å². The van der Waals surface area contributed by atoms with E-state index in [-0.39, 0.29) is 22.6 Å². The highest BCUT2D eigenvalue weighted by atomic mass is 32.2. The maximum Gasteiger partial charge on any atom is 0.291 e. The second-order valence-corrected chi connectivity index (χ2v) is 7.87. The van der Waals surface area contributed by atoms with E-state index in [0.717, 1.165) is 22.4 Å². The van der Waals surface area contributed by atoms with E-state index in [1.165, 1.54) is 17.8 Å². The summed E-state index contributed by atoms with van der Waals surface area (Å²) in [5.74, 6) is 0.552. The largest absolute Gasteiger partial charge is 0.355 e. The molecule has 4 rings (SSSR count). The lowest BCUT2D eigenvalue weighted by molar-refractivity contribution is -0.119. The van der Waals surface area contributed by atoms with E-state index in [9.17, 15) is 9.59 Å². The standard InChI is InChI=1S/C21H19N5O3S/c1-13(20-22-15-9-5-6-10-16(15)23-20)30-12-19(27)24-25-21(28)17-11-18(29-26-17)14-7-3-2-4-8-14/h2-11,13H,12H2,1H3,(H,22,23)(H,24,27)(H,25,28). The van der Waals surface area contributed by atoms with Gasteiger partial charge >= 0.3 is 0 Å². The van der Waals surface area contributed by atoms with Crippen LogP contribution in [-0.2, 0) is 4.79 Å². The summed E-state index contributed by atoms with van der Waals surface area (Å²) in [6.45, 7) is 1.97. The number of para-hydroxylation sites is 2. The van der Waals surface area contributed by atoms with Crippen molar-refractivity contribution in [3.63, 3.8) is 0 Å². The van der Waals surface area contributed by atoms with Crippen LogP contribution in [0.15, 0.2) is 65.2 Å². The Labute approximate surface area is 176 Å². The van der Waals surface area contributed by atoms with Crippen LogP contribution in [0.25, 0.3) is 22.4 Å². The first kappa shape index (κ1) is 19.7. The Morgan fingerprint density at radius 1 is 1.10 bits per heavy atom. The van der Waals surface area contributed by atoms with Crippen molar-refractivity contribution in [3.8, 4) is 11.3 Å². The van der Waals surface area contributed by atoms with Crippen molar-refractivity contribution in [1.82, 2.24) is 26.0 Å². The average Bonchev–Trinajstić information content (AvgIpc) is 3.44. The van der Waals surface area contributed by atoms with Gasteiger partial charge in [0.1, 0.15) is 5.82 Å². The lowest BCUT2D eigenvalue weighted by atomic mass is 10.1. The summed E-state index contributed by atoms with van der Waals surface area (Å²) >= 11 is 1.41. The molecule has 1 unspecified atom stereocenters. The summed E-state index contributed by atoms with van der Waals surface area (Å²) in [5.41, 5.74) is 7.48. The highest BCUT2D eigenvalue weighted by molar-refractivity contribution is 8.00. The Kier molecular flexibility index (Phi) is 5.80. The third-order valence-electron chi connectivity index (χ3n) is 4.37. The minimum atomic E-state index is -0.551. The van der Waals surface area contributed by atoms with Gasteiger partial charge in [-0.2, -0.15) is 0 Å². The van der Waals surface area contributed by atoms with E-state index in [1.54, 1.807) is 0 Å². The minimum Gasteiger partial charge on any atom is -0.355 e.